The number of piperidine rings is 1. The van der Waals surface area contributed by atoms with Gasteiger partial charge >= 0.3 is 27.1 Å². The smallest absolute Gasteiger partial charge is 0.480 e. The first kappa shape index (κ1) is 17.9. The number of aromatic nitrogens is 1. The summed E-state index contributed by atoms with van der Waals surface area (Å²) in [6, 6.07) is 1.25. The van der Waals surface area contributed by atoms with Crippen LogP contribution in [0.25, 0.3) is 0 Å². The van der Waals surface area contributed by atoms with Gasteiger partial charge in [0.2, 0.25) is 0 Å². The van der Waals surface area contributed by atoms with Crippen LogP contribution in [0, 0.1) is 19.1 Å². The molecule has 2 bridgehead atoms. The maximum atomic E-state index is 11.9. The average Bonchev–Trinajstić information content (AvgIpc) is 2.81. The first-order valence-corrected chi connectivity index (χ1v) is 5.83. The van der Waals surface area contributed by atoms with Gasteiger partial charge in [0, 0.05) is 33.7 Å². The van der Waals surface area contributed by atoms with Gasteiger partial charge in [0.25, 0.3) is 0 Å². The summed E-state index contributed by atoms with van der Waals surface area (Å²) in [6.45, 7) is 0.590. The molecule has 0 aromatic carbocycles. The van der Waals surface area contributed by atoms with Gasteiger partial charge in [-0.25, -0.2) is 15.0 Å². The van der Waals surface area contributed by atoms with Crippen molar-refractivity contribution in [1.82, 2.24) is 15.1 Å². The van der Waals surface area contributed by atoms with Crippen LogP contribution in [0.4, 0.5) is 4.79 Å². The quantitative estimate of drug-likeness (QED) is 0.385. The Kier molecular flexibility index (Phi) is 5.27. The predicted octanol–water partition coefficient (Wildman–Crippen LogP) is 1.64. The number of amides is 2. The van der Waals surface area contributed by atoms with Crippen LogP contribution < -0.4 is 0 Å². The van der Waals surface area contributed by atoms with E-state index in [2.05, 4.69) is 11.4 Å². The topological polar surface area (TPSA) is 69.8 Å². The monoisotopic (exact) mass is 617 g/mol. The predicted molar refractivity (Wildman–Crippen MR) is 60.3 cm³/mol. The molecular weight excluding hydrogens is 602 g/mol. The number of fused-ring (bicyclic) bond motifs is 3. The van der Waals surface area contributed by atoms with E-state index in [0.717, 1.165) is 30.0 Å². The third-order valence-corrected chi connectivity index (χ3v) is 4.43. The Morgan fingerprint density at radius 1 is 1.50 bits per heavy atom. The molecule has 1 N–H and O–H groups in total. The molecule has 3 aliphatic rings. The Morgan fingerprint density at radius 2 is 2.20 bits per heavy atom. The summed E-state index contributed by atoms with van der Waals surface area (Å²) in [5.74, 6) is 0. The van der Waals surface area contributed by atoms with Crippen molar-refractivity contribution in [3.63, 3.8) is 0 Å². The molecule has 1 aliphatic carbocycles. The molecule has 6 nitrogen and oxygen atoms in total. The molecule has 108 valence electrons. The fraction of sp³-hybridized carbons (Fsp3) is 0.583. The zero-order chi connectivity index (χ0) is 11.6. The number of carbonyl (C=O) groups is 1. The van der Waals surface area contributed by atoms with Gasteiger partial charge in [-0.1, -0.05) is 0 Å². The maximum absolute atomic E-state index is 11.9. The second kappa shape index (κ2) is 5.90. The molecule has 0 radical (unpaired) electrons. The van der Waals surface area contributed by atoms with Crippen LogP contribution in [0.15, 0.2) is 10.6 Å². The van der Waals surface area contributed by atoms with Crippen molar-refractivity contribution < 1.29 is 56.7 Å². The Morgan fingerprint density at radius 3 is 2.75 bits per heavy atom. The van der Waals surface area contributed by atoms with Crippen molar-refractivity contribution in [3.05, 3.63) is 25.5 Å². The molecule has 1 saturated carbocycles. The van der Waals surface area contributed by atoms with Crippen molar-refractivity contribution >= 4 is 6.03 Å². The van der Waals surface area contributed by atoms with Crippen LogP contribution in [0.1, 0.15) is 31.0 Å². The van der Waals surface area contributed by atoms with Gasteiger partial charge in [-0.05, 0) is 36.6 Å². The number of nitrogens with zero attached hydrogens (tertiary/aromatic N) is 3. The summed E-state index contributed by atoms with van der Waals surface area (Å²) in [4.78, 5) is 13.6. The summed E-state index contributed by atoms with van der Waals surface area (Å²) >= 11 is 0. The average molecular weight is 617 g/mol. The van der Waals surface area contributed by atoms with Crippen LogP contribution in [0.3, 0.4) is 0 Å². The molecule has 1 spiro atoms. The first-order valence-electron chi connectivity index (χ1n) is 5.83. The zero-order valence-corrected chi connectivity index (χ0v) is 16.8. The van der Waals surface area contributed by atoms with Crippen LogP contribution in [0.2, 0.25) is 0 Å². The van der Waals surface area contributed by atoms with Gasteiger partial charge in [0.05, 0.1) is 6.04 Å². The molecule has 20 heavy (non-hydrogen) atoms. The minimum Gasteiger partial charge on any atom is -0.480 e. The van der Waals surface area contributed by atoms with Gasteiger partial charge in [-0.15, -0.1) is 0 Å². The van der Waals surface area contributed by atoms with Crippen molar-refractivity contribution in [3.8, 4) is 0 Å². The van der Waals surface area contributed by atoms with Crippen molar-refractivity contribution in [2.45, 2.75) is 31.3 Å². The van der Waals surface area contributed by atoms with E-state index >= 15 is 0 Å². The first-order chi connectivity index (χ1) is 8.21. The summed E-state index contributed by atoms with van der Waals surface area (Å²) < 4.78 is 4.74. The normalized spacial score (nSPS) is 28.6. The molecule has 3 heterocycles. The third kappa shape index (κ3) is 2.30. The second-order valence-electron chi connectivity index (χ2n) is 5.25. The molecule has 2 atom stereocenters. The third-order valence-electron chi connectivity index (χ3n) is 4.43. The zero-order valence-electron chi connectivity index (χ0n) is 11.0. The molecular formula is C12H15N3O3W2. The standard InChI is InChI=1S/C11H12N3O3.CH3.2W/c15-10-13-6-9(14(10)16)11(2-3-11)5-8(13)7-1-4-17-12-7;;;/h1,8-9,16H,2-3,5-6H2;1H3;;/q2*-1;;+2. The Hall–Kier alpha value is -0.183. The van der Waals surface area contributed by atoms with E-state index in [0.29, 0.717) is 6.54 Å². The molecule has 8 heteroatoms. The summed E-state index contributed by atoms with van der Waals surface area (Å²) in [7, 11) is 0. The van der Waals surface area contributed by atoms with E-state index in [9.17, 15) is 10.0 Å². The number of hydrogen-bond donors (Lipinski definition) is 1. The van der Waals surface area contributed by atoms with E-state index in [1.54, 1.807) is 11.0 Å². The SMILES string of the molecule is O=C1N(O)C2CN1C(c1c[c-]on1)CC21CC1.[CH3-].[W+2].[W]. The second-order valence-corrected chi connectivity index (χ2v) is 5.25. The van der Waals surface area contributed by atoms with Crippen molar-refractivity contribution in [2.75, 3.05) is 6.54 Å². The van der Waals surface area contributed by atoms with Crippen molar-refractivity contribution in [2.24, 2.45) is 5.41 Å². The molecule has 3 fully saturated rings. The van der Waals surface area contributed by atoms with Gasteiger partial charge in [-0.3, -0.25) is 5.21 Å². The Balaban J connectivity index is 0.000000667. The van der Waals surface area contributed by atoms with E-state index in [-0.39, 0.29) is 73.1 Å². The fourth-order valence-electron chi connectivity index (χ4n) is 3.26. The summed E-state index contributed by atoms with van der Waals surface area (Å²) in [5, 5.41) is 14.6. The van der Waals surface area contributed by atoms with Gasteiger partial charge in [-0.2, -0.15) is 6.07 Å². The minimum atomic E-state index is -0.313. The molecule has 2 aliphatic heterocycles. The number of hydrogen-bond acceptors (Lipinski definition) is 4. The van der Waals surface area contributed by atoms with Crippen molar-refractivity contribution in [1.29, 1.82) is 0 Å². The van der Waals surface area contributed by atoms with Gasteiger partial charge < -0.3 is 16.8 Å². The molecule has 2 amide bonds. The van der Waals surface area contributed by atoms with Crippen LogP contribution in [-0.2, 0) is 42.1 Å². The number of hydroxylamine groups is 2. The number of rotatable bonds is 1. The van der Waals surface area contributed by atoms with E-state index in [1.807, 2.05) is 0 Å². The molecule has 1 aromatic rings. The fourth-order valence-corrected chi connectivity index (χ4v) is 3.26. The Labute approximate surface area is 146 Å². The van der Waals surface area contributed by atoms with Gasteiger partial charge in [0.15, 0.2) is 0 Å². The minimum absolute atomic E-state index is 0. The maximum Gasteiger partial charge on any atom is 2.00 e. The van der Waals surface area contributed by atoms with E-state index in [1.165, 1.54) is 0 Å². The van der Waals surface area contributed by atoms with E-state index < -0.39 is 0 Å². The molecule has 4 rings (SSSR count). The van der Waals surface area contributed by atoms with Gasteiger partial charge in [0.1, 0.15) is 0 Å². The summed E-state index contributed by atoms with van der Waals surface area (Å²) in [5.41, 5.74) is 0.833. The van der Waals surface area contributed by atoms with E-state index in [4.69, 9.17) is 4.52 Å². The summed E-state index contributed by atoms with van der Waals surface area (Å²) in [6.07, 6.45) is 5.58. The molecule has 2 unspecified atom stereocenters. The number of carbonyl (C=O) groups excluding carboxylic acids is 1. The molecule has 1 aromatic heterocycles. The Bertz CT molecular complexity index is 478. The largest absolute Gasteiger partial charge is 2.00 e. The molecule has 2 saturated heterocycles. The van der Waals surface area contributed by atoms with Crippen LogP contribution in [0.5, 0.6) is 0 Å². The van der Waals surface area contributed by atoms with Crippen LogP contribution >= 0.6 is 0 Å². The number of urea groups is 1. The van der Waals surface area contributed by atoms with Crippen LogP contribution in [-0.4, -0.2) is 38.9 Å².